The van der Waals surface area contributed by atoms with Gasteiger partial charge in [0.1, 0.15) is 5.75 Å². The van der Waals surface area contributed by atoms with Gasteiger partial charge in [-0.2, -0.15) is 0 Å². The molecule has 7 heteroatoms. The topological polar surface area (TPSA) is 75.7 Å². The molecule has 0 spiro atoms. The van der Waals surface area contributed by atoms with Gasteiger partial charge in [-0.25, -0.2) is 8.42 Å². The molecule has 146 valence electrons. The van der Waals surface area contributed by atoms with E-state index >= 15 is 0 Å². The number of amides is 1. The van der Waals surface area contributed by atoms with Crippen molar-refractivity contribution in [3.05, 3.63) is 58.7 Å². The summed E-state index contributed by atoms with van der Waals surface area (Å²) >= 11 is 0. The van der Waals surface area contributed by atoms with Gasteiger partial charge in [0.05, 0.1) is 25.6 Å². The van der Waals surface area contributed by atoms with Gasteiger partial charge < -0.3 is 10.1 Å². The van der Waals surface area contributed by atoms with Crippen LogP contribution in [0.2, 0.25) is 0 Å². The summed E-state index contributed by atoms with van der Waals surface area (Å²) in [5, 5.41) is 2.77. The lowest BCUT2D eigenvalue weighted by atomic mass is 10.1. The summed E-state index contributed by atoms with van der Waals surface area (Å²) < 4.78 is 31.2. The van der Waals surface area contributed by atoms with Gasteiger partial charge in [0.15, 0.2) is 0 Å². The molecular weight excluding hydrogens is 364 g/mol. The SMILES string of the molecule is COc1cccc(C(=O)NCCN(c2c(C)cc(C)cc2C)S(C)(=O)=O)c1. The molecule has 0 heterocycles. The Labute approximate surface area is 161 Å². The fourth-order valence-corrected chi connectivity index (χ4v) is 4.19. The molecule has 0 fully saturated rings. The normalized spacial score (nSPS) is 11.1. The Morgan fingerprint density at radius 2 is 1.74 bits per heavy atom. The third-order valence-corrected chi connectivity index (χ3v) is 5.38. The predicted molar refractivity (Wildman–Crippen MR) is 108 cm³/mol. The summed E-state index contributed by atoms with van der Waals surface area (Å²) in [5.74, 6) is 0.311. The Morgan fingerprint density at radius 3 is 2.30 bits per heavy atom. The first-order valence-electron chi connectivity index (χ1n) is 8.61. The number of hydrogen-bond donors (Lipinski definition) is 1. The minimum Gasteiger partial charge on any atom is -0.497 e. The zero-order chi connectivity index (χ0) is 20.2. The van der Waals surface area contributed by atoms with Gasteiger partial charge in [0.2, 0.25) is 10.0 Å². The van der Waals surface area contributed by atoms with Gasteiger partial charge in [-0.05, 0) is 50.1 Å². The van der Waals surface area contributed by atoms with Crippen LogP contribution in [0.25, 0.3) is 0 Å². The van der Waals surface area contributed by atoms with Crippen molar-refractivity contribution < 1.29 is 17.9 Å². The molecule has 27 heavy (non-hydrogen) atoms. The number of ether oxygens (including phenoxy) is 1. The molecule has 0 saturated heterocycles. The second kappa shape index (κ2) is 8.43. The summed E-state index contributed by atoms with van der Waals surface area (Å²) in [7, 11) is -1.95. The van der Waals surface area contributed by atoms with Gasteiger partial charge in [0.25, 0.3) is 5.91 Å². The van der Waals surface area contributed by atoms with E-state index in [2.05, 4.69) is 5.32 Å². The quantitative estimate of drug-likeness (QED) is 0.789. The van der Waals surface area contributed by atoms with Crippen LogP contribution in [0, 0.1) is 20.8 Å². The van der Waals surface area contributed by atoms with Crippen molar-refractivity contribution >= 4 is 21.6 Å². The van der Waals surface area contributed by atoms with E-state index in [9.17, 15) is 13.2 Å². The summed E-state index contributed by atoms with van der Waals surface area (Å²) in [4.78, 5) is 12.3. The van der Waals surface area contributed by atoms with Gasteiger partial charge in [-0.15, -0.1) is 0 Å². The third-order valence-electron chi connectivity index (χ3n) is 4.22. The number of anilines is 1. The molecule has 0 aliphatic carbocycles. The fraction of sp³-hybridized carbons (Fsp3) is 0.350. The summed E-state index contributed by atoms with van der Waals surface area (Å²) in [6, 6.07) is 10.7. The molecule has 6 nitrogen and oxygen atoms in total. The third kappa shape index (κ3) is 5.23. The first kappa shape index (κ1) is 20.8. The van der Waals surface area contributed by atoms with Crippen LogP contribution in [-0.4, -0.2) is 40.8 Å². The molecule has 2 aromatic rings. The van der Waals surface area contributed by atoms with E-state index in [1.54, 1.807) is 24.3 Å². The highest BCUT2D eigenvalue weighted by molar-refractivity contribution is 7.92. The van der Waals surface area contributed by atoms with Gasteiger partial charge in [0, 0.05) is 12.1 Å². The number of nitrogens with zero attached hydrogens (tertiary/aromatic N) is 1. The van der Waals surface area contributed by atoms with Crippen LogP contribution >= 0.6 is 0 Å². The van der Waals surface area contributed by atoms with Crippen molar-refractivity contribution in [1.82, 2.24) is 5.32 Å². The summed E-state index contributed by atoms with van der Waals surface area (Å²) in [6.45, 7) is 6.10. The molecule has 0 aliphatic rings. The number of benzene rings is 2. The molecule has 0 bridgehead atoms. The van der Waals surface area contributed by atoms with Crippen molar-refractivity contribution in [2.45, 2.75) is 20.8 Å². The Hall–Kier alpha value is -2.54. The van der Waals surface area contributed by atoms with Crippen LogP contribution in [0.4, 0.5) is 5.69 Å². The predicted octanol–water partition coefficient (Wildman–Crippen LogP) is 2.82. The zero-order valence-electron chi connectivity index (χ0n) is 16.4. The van der Waals surface area contributed by atoms with E-state index in [1.165, 1.54) is 17.7 Å². The smallest absolute Gasteiger partial charge is 0.251 e. The molecule has 0 saturated carbocycles. The lowest BCUT2D eigenvalue weighted by Crippen LogP contribution is -2.39. The maximum atomic E-state index is 12.3. The molecular formula is C20H26N2O4S. The van der Waals surface area contributed by atoms with E-state index in [0.717, 1.165) is 16.7 Å². The molecule has 1 N–H and O–H groups in total. The highest BCUT2D eigenvalue weighted by Gasteiger charge is 2.21. The van der Waals surface area contributed by atoms with Gasteiger partial charge in [-0.3, -0.25) is 9.10 Å². The number of methoxy groups -OCH3 is 1. The van der Waals surface area contributed by atoms with E-state index in [0.29, 0.717) is 17.0 Å². The second-order valence-corrected chi connectivity index (χ2v) is 8.48. The summed E-state index contributed by atoms with van der Waals surface area (Å²) in [6.07, 6.45) is 1.18. The highest BCUT2D eigenvalue weighted by atomic mass is 32.2. The molecule has 0 aliphatic heterocycles. The van der Waals surface area contributed by atoms with E-state index in [-0.39, 0.29) is 19.0 Å². The maximum Gasteiger partial charge on any atom is 0.251 e. The standard InChI is InChI=1S/C20H26N2O4S/c1-14-11-15(2)19(16(3)12-14)22(27(5,24)25)10-9-21-20(23)17-7-6-8-18(13-17)26-4/h6-8,11-13H,9-10H2,1-5H3,(H,21,23). The van der Waals surface area contributed by atoms with Crippen molar-refractivity contribution in [2.75, 3.05) is 30.8 Å². The fourth-order valence-electron chi connectivity index (χ4n) is 3.15. The number of nitrogens with one attached hydrogen (secondary N) is 1. The Morgan fingerprint density at radius 1 is 1.11 bits per heavy atom. The van der Waals surface area contributed by atoms with Crippen LogP contribution in [0.15, 0.2) is 36.4 Å². The van der Waals surface area contributed by atoms with Gasteiger partial charge >= 0.3 is 0 Å². The average Bonchev–Trinajstić information content (AvgIpc) is 2.58. The van der Waals surface area contributed by atoms with Crippen LogP contribution in [0.5, 0.6) is 5.75 Å². The van der Waals surface area contributed by atoms with Crippen molar-refractivity contribution in [1.29, 1.82) is 0 Å². The molecule has 2 rings (SSSR count). The van der Waals surface area contributed by atoms with Crippen molar-refractivity contribution in [2.24, 2.45) is 0 Å². The average molecular weight is 391 g/mol. The molecule has 2 aromatic carbocycles. The molecule has 0 aromatic heterocycles. The maximum absolute atomic E-state index is 12.3. The number of rotatable bonds is 7. The first-order chi connectivity index (χ1) is 12.6. The highest BCUT2D eigenvalue weighted by Crippen LogP contribution is 2.28. The van der Waals surface area contributed by atoms with E-state index in [4.69, 9.17) is 4.74 Å². The lowest BCUT2D eigenvalue weighted by molar-refractivity contribution is 0.0954. The molecule has 0 atom stereocenters. The lowest BCUT2D eigenvalue weighted by Gasteiger charge is -2.26. The molecule has 0 unspecified atom stereocenters. The van der Waals surface area contributed by atoms with Crippen LogP contribution < -0.4 is 14.4 Å². The number of carbonyl (C=O) groups excluding carboxylic acids is 1. The number of carbonyl (C=O) groups is 1. The molecule has 0 radical (unpaired) electrons. The Balaban J connectivity index is 2.16. The van der Waals surface area contributed by atoms with Crippen LogP contribution in [0.3, 0.4) is 0 Å². The number of hydrogen-bond acceptors (Lipinski definition) is 4. The number of sulfonamides is 1. The van der Waals surface area contributed by atoms with E-state index in [1.807, 2.05) is 32.9 Å². The van der Waals surface area contributed by atoms with Gasteiger partial charge in [-0.1, -0.05) is 23.8 Å². The first-order valence-corrected chi connectivity index (χ1v) is 10.5. The minimum atomic E-state index is -3.49. The van der Waals surface area contributed by atoms with E-state index < -0.39 is 10.0 Å². The largest absolute Gasteiger partial charge is 0.497 e. The summed E-state index contributed by atoms with van der Waals surface area (Å²) in [5.41, 5.74) is 3.98. The zero-order valence-corrected chi connectivity index (χ0v) is 17.2. The second-order valence-electron chi connectivity index (χ2n) is 6.57. The number of aryl methyl sites for hydroxylation is 3. The minimum absolute atomic E-state index is 0.152. The van der Waals surface area contributed by atoms with Crippen LogP contribution in [0.1, 0.15) is 27.0 Å². The Kier molecular flexibility index (Phi) is 6.49. The Bertz CT molecular complexity index is 916. The van der Waals surface area contributed by atoms with Crippen molar-refractivity contribution in [3.63, 3.8) is 0 Å². The van der Waals surface area contributed by atoms with Crippen molar-refractivity contribution in [3.8, 4) is 5.75 Å². The van der Waals surface area contributed by atoms with Crippen LogP contribution in [-0.2, 0) is 10.0 Å². The monoisotopic (exact) mass is 390 g/mol. The molecule has 1 amide bonds.